The van der Waals surface area contributed by atoms with Gasteiger partial charge in [-0.3, -0.25) is 9.48 Å². The third-order valence-corrected chi connectivity index (χ3v) is 5.98. The highest BCUT2D eigenvalue weighted by Crippen LogP contribution is 2.48. The fraction of sp³-hybridized carbons (Fsp3) is 0.750. The van der Waals surface area contributed by atoms with Crippen LogP contribution < -0.4 is 11.1 Å². The van der Waals surface area contributed by atoms with E-state index in [1.165, 1.54) is 24.1 Å². The first kappa shape index (κ1) is 15.8. The summed E-state index contributed by atoms with van der Waals surface area (Å²) in [5.74, 6) is 1.30. The van der Waals surface area contributed by atoms with Crippen molar-refractivity contribution < 1.29 is 4.79 Å². The Morgan fingerprint density at radius 2 is 2.14 bits per heavy atom. The van der Waals surface area contributed by atoms with Crippen LogP contribution in [0.4, 0.5) is 0 Å². The van der Waals surface area contributed by atoms with Crippen molar-refractivity contribution in [2.75, 3.05) is 0 Å². The molecule has 2 bridgehead atoms. The van der Waals surface area contributed by atoms with Crippen LogP contribution in [0.1, 0.15) is 49.4 Å². The van der Waals surface area contributed by atoms with E-state index in [4.69, 9.17) is 5.73 Å². The van der Waals surface area contributed by atoms with E-state index in [9.17, 15) is 4.79 Å². The van der Waals surface area contributed by atoms with Gasteiger partial charge in [-0.15, -0.1) is 12.4 Å². The van der Waals surface area contributed by atoms with Crippen LogP contribution in [0, 0.1) is 17.8 Å². The van der Waals surface area contributed by atoms with E-state index >= 15 is 0 Å². The molecule has 3 aliphatic rings. The third kappa shape index (κ3) is 2.35. The molecule has 0 aromatic carbocycles. The molecular weight excluding hydrogens is 300 g/mol. The number of nitrogens with one attached hydrogen (secondary N) is 1. The van der Waals surface area contributed by atoms with Gasteiger partial charge in [0, 0.05) is 24.3 Å². The summed E-state index contributed by atoms with van der Waals surface area (Å²) in [6, 6.07) is 0.196. The smallest absolute Gasteiger partial charge is 0.225 e. The Kier molecular flexibility index (Phi) is 4.21. The average molecular weight is 325 g/mol. The van der Waals surface area contributed by atoms with E-state index in [1.54, 1.807) is 0 Å². The molecule has 0 spiro atoms. The van der Waals surface area contributed by atoms with Crippen LogP contribution in [0.5, 0.6) is 0 Å². The Morgan fingerprint density at radius 1 is 1.36 bits per heavy atom. The minimum Gasteiger partial charge on any atom is -0.349 e. The van der Waals surface area contributed by atoms with Gasteiger partial charge in [0.25, 0.3) is 0 Å². The molecule has 1 amide bonds. The highest BCUT2D eigenvalue weighted by Gasteiger charge is 2.49. The number of nitrogens with two attached hydrogens (primary N) is 1. The molecule has 5 unspecified atom stereocenters. The second kappa shape index (κ2) is 5.85. The first-order valence-corrected chi connectivity index (χ1v) is 8.22. The molecule has 5 atom stereocenters. The number of halogens is 1. The summed E-state index contributed by atoms with van der Waals surface area (Å²) in [4.78, 5) is 12.7. The fourth-order valence-corrected chi connectivity index (χ4v) is 4.85. The van der Waals surface area contributed by atoms with Gasteiger partial charge in [-0.25, -0.2) is 0 Å². The van der Waals surface area contributed by atoms with Crippen molar-refractivity contribution in [3.05, 3.63) is 17.5 Å². The van der Waals surface area contributed by atoms with Gasteiger partial charge >= 0.3 is 0 Å². The van der Waals surface area contributed by atoms with Gasteiger partial charge in [0.15, 0.2) is 0 Å². The van der Waals surface area contributed by atoms with Crippen LogP contribution in [-0.2, 0) is 18.3 Å². The number of nitrogens with zero attached hydrogens (tertiary/aromatic N) is 2. The van der Waals surface area contributed by atoms with Crippen molar-refractivity contribution in [1.29, 1.82) is 0 Å². The first-order valence-electron chi connectivity index (χ1n) is 8.22. The predicted molar refractivity (Wildman–Crippen MR) is 86.6 cm³/mol. The van der Waals surface area contributed by atoms with Crippen LogP contribution in [0.3, 0.4) is 0 Å². The summed E-state index contributed by atoms with van der Waals surface area (Å²) < 4.78 is 1.94. The highest BCUT2D eigenvalue weighted by atomic mass is 35.5. The molecule has 5 nitrogen and oxygen atoms in total. The van der Waals surface area contributed by atoms with Crippen LogP contribution in [-0.4, -0.2) is 21.7 Å². The Morgan fingerprint density at radius 3 is 2.86 bits per heavy atom. The molecule has 122 valence electrons. The number of hydrogen-bond acceptors (Lipinski definition) is 3. The highest BCUT2D eigenvalue weighted by molar-refractivity contribution is 5.85. The molecule has 0 saturated heterocycles. The zero-order valence-corrected chi connectivity index (χ0v) is 13.8. The lowest BCUT2D eigenvalue weighted by molar-refractivity contribution is -0.127. The average Bonchev–Trinajstić information content (AvgIpc) is 3.15. The number of fused-ring (bicyclic) bond motifs is 3. The molecule has 3 aliphatic carbocycles. The minimum absolute atomic E-state index is 0. The van der Waals surface area contributed by atoms with Crippen LogP contribution in [0.25, 0.3) is 0 Å². The molecule has 22 heavy (non-hydrogen) atoms. The first-order chi connectivity index (χ1) is 10.1. The van der Waals surface area contributed by atoms with E-state index in [0.717, 1.165) is 25.7 Å². The lowest BCUT2D eigenvalue weighted by Crippen LogP contribution is -2.46. The zero-order valence-electron chi connectivity index (χ0n) is 13.0. The molecule has 2 fully saturated rings. The lowest BCUT2D eigenvalue weighted by Gasteiger charge is -2.30. The van der Waals surface area contributed by atoms with Gasteiger partial charge in [-0.1, -0.05) is 0 Å². The normalized spacial score (nSPS) is 35.8. The molecule has 0 aliphatic heterocycles. The van der Waals surface area contributed by atoms with Crippen LogP contribution in [0.2, 0.25) is 0 Å². The Balaban J connectivity index is 0.00000144. The van der Waals surface area contributed by atoms with Gasteiger partial charge in [0.1, 0.15) is 0 Å². The molecule has 1 aromatic rings. The largest absolute Gasteiger partial charge is 0.349 e. The van der Waals surface area contributed by atoms with E-state index in [2.05, 4.69) is 10.4 Å². The number of aryl methyl sites for hydroxylation is 1. The van der Waals surface area contributed by atoms with E-state index in [1.807, 2.05) is 17.9 Å². The Bertz CT molecular complexity index is 570. The van der Waals surface area contributed by atoms with Gasteiger partial charge in [0.2, 0.25) is 5.91 Å². The van der Waals surface area contributed by atoms with Crippen LogP contribution in [0.15, 0.2) is 6.20 Å². The number of hydrogen-bond donors (Lipinski definition) is 2. The van der Waals surface area contributed by atoms with Gasteiger partial charge < -0.3 is 11.1 Å². The van der Waals surface area contributed by atoms with Gasteiger partial charge in [-0.2, -0.15) is 5.10 Å². The minimum atomic E-state index is 0. The molecule has 0 radical (unpaired) electrons. The molecule has 3 N–H and O–H groups in total. The number of carbonyl (C=O) groups excluding carboxylic acids is 1. The number of carbonyl (C=O) groups is 1. The maximum absolute atomic E-state index is 12.7. The van der Waals surface area contributed by atoms with E-state index < -0.39 is 0 Å². The summed E-state index contributed by atoms with van der Waals surface area (Å²) in [5, 5.41) is 7.62. The zero-order chi connectivity index (χ0) is 14.6. The number of aromatic nitrogens is 2. The van der Waals surface area contributed by atoms with Crippen molar-refractivity contribution in [2.24, 2.45) is 30.5 Å². The molecule has 4 rings (SSSR count). The quantitative estimate of drug-likeness (QED) is 0.869. The van der Waals surface area contributed by atoms with Crippen LogP contribution >= 0.6 is 12.4 Å². The summed E-state index contributed by atoms with van der Waals surface area (Å²) >= 11 is 0. The van der Waals surface area contributed by atoms with E-state index in [0.29, 0.717) is 11.8 Å². The summed E-state index contributed by atoms with van der Waals surface area (Å²) in [6.45, 7) is 0. The second-order valence-corrected chi connectivity index (χ2v) is 7.06. The maximum Gasteiger partial charge on any atom is 0.225 e. The van der Waals surface area contributed by atoms with Gasteiger partial charge in [0.05, 0.1) is 18.2 Å². The SMILES string of the molecule is Cl.Cn1ncc2c1CCCC2NC(=O)C1C2CCC(C2)C1N. The summed E-state index contributed by atoms with van der Waals surface area (Å²) in [5.41, 5.74) is 8.76. The summed E-state index contributed by atoms with van der Waals surface area (Å²) in [6.07, 6.45) is 8.65. The topological polar surface area (TPSA) is 72.9 Å². The van der Waals surface area contributed by atoms with Crippen molar-refractivity contribution in [3.63, 3.8) is 0 Å². The molecular formula is C16H25ClN4O. The maximum atomic E-state index is 12.7. The van der Waals surface area contributed by atoms with E-state index in [-0.39, 0.29) is 36.3 Å². The number of amides is 1. The molecule has 6 heteroatoms. The predicted octanol–water partition coefficient (Wildman–Crippen LogP) is 1.71. The Labute approximate surface area is 137 Å². The second-order valence-electron chi connectivity index (χ2n) is 7.06. The monoisotopic (exact) mass is 324 g/mol. The van der Waals surface area contributed by atoms with Crippen molar-refractivity contribution in [2.45, 2.75) is 50.6 Å². The fourth-order valence-electron chi connectivity index (χ4n) is 4.85. The third-order valence-electron chi connectivity index (χ3n) is 5.98. The summed E-state index contributed by atoms with van der Waals surface area (Å²) in [7, 11) is 1.98. The van der Waals surface area contributed by atoms with Gasteiger partial charge in [-0.05, 0) is 50.4 Å². The number of rotatable bonds is 2. The molecule has 2 saturated carbocycles. The van der Waals surface area contributed by atoms with Crippen molar-refractivity contribution in [1.82, 2.24) is 15.1 Å². The van der Waals surface area contributed by atoms with Crippen molar-refractivity contribution in [3.8, 4) is 0 Å². The Hall–Kier alpha value is -1.07. The van der Waals surface area contributed by atoms with Crippen molar-refractivity contribution >= 4 is 18.3 Å². The molecule has 1 aromatic heterocycles. The standard InChI is InChI=1S/C16H24N4O.ClH/c1-20-13-4-2-3-12(11(13)8-18-20)19-16(21)14-9-5-6-10(7-9)15(14)17;/h8-10,12,14-15H,2-7,17H2,1H3,(H,19,21);1H. The molecule has 1 heterocycles. The lowest BCUT2D eigenvalue weighted by atomic mass is 9.83.